The summed E-state index contributed by atoms with van der Waals surface area (Å²) in [6, 6.07) is 0. The van der Waals surface area contributed by atoms with Gasteiger partial charge >= 0.3 is 0 Å². The van der Waals surface area contributed by atoms with Gasteiger partial charge in [-0.25, -0.2) is 0 Å². The maximum Gasteiger partial charge on any atom is 0.0732 e. The molecule has 0 spiro atoms. The van der Waals surface area contributed by atoms with Gasteiger partial charge in [-0.3, -0.25) is 0 Å². The van der Waals surface area contributed by atoms with Gasteiger partial charge in [-0.05, 0) is 5.41 Å². The Morgan fingerprint density at radius 1 is 1.17 bits per heavy atom. The predicted octanol–water partition coefficient (Wildman–Crippen LogP) is 3.39. The zero-order valence-corrected chi connectivity index (χ0v) is 11.1. The first-order valence-electron chi connectivity index (χ1n) is 3.99. The van der Waals surface area contributed by atoms with Gasteiger partial charge in [0.1, 0.15) is 0 Å². The smallest absolute Gasteiger partial charge is 0.0732 e. The van der Waals surface area contributed by atoms with Crippen molar-refractivity contribution < 1.29 is 0 Å². The second-order valence-corrected chi connectivity index (χ2v) is 8.85. The summed E-state index contributed by atoms with van der Waals surface area (Å²) in [5.41, 5.74) is 0.396. The summed E-state index contributed by atoms with van der Waals surface area (Å²) in [6.07, 6.45) is 0. The highest BCUT2D eigenvalue weighted by molar-refractivity contribution is 8.20. The van der Waals surface area contributed by atoms with E-state index in [9.17, 15) is 0 Å². The molecule has 1 heterocycles. The molecule has 72 valence electrons. The summed E-state index contributed by atoms with van der Waals surface area (Å²) < 4.78 is 0.641. The van der Waals surface area contributed by atoms with Crippen LogP contribution in [0.25, 0.3) is 0 Å². The van der Waals surface area contributed by atoms with Crippen molar-refractivity contribution in [2.24, 2.45) is 5.41 Å². The lowest BCUT2D eigenvalue weighted by Gasteiger charge is -2.38. The van der Waals surface area contributed by atoms with Crippen LogP contribution in [-0.4, -0.2) is 20.2 Å². The lowest BCUT2D eigenvalue weighted by Crippen LogP contribution is -2.33. The molecule has 0 aromatic rings. The molecule has 0 unspecified atom stereocenters. The molecule has 1 saturated heterocycles. The predicted molar refractivity (Wildman–Crippen MR) is 68.9 cm³/mol. The lowest BCUT2D eigenvalue weighted by atomic mass is 10.0. The van der Waals surface area contributed by atoms with E-state index < -0.39 is 0 Å². The van der Waals surface area contributed by atoms with Gasteiger partial charge in [-0.2, -0.15) is 25.3 Å². The van der Waals surface area contributed by atoms with Crippen molar-refractivity contribution >= 4 is 48.8 Å². The molecule has 0 amide bonds. The lowest BCUT2D eigenvalue weighted by molar-refractivity contribution is 0.458. The van der Waals surface area contributed by atoms with Gasteiger partial charge in [0.05, 0.1) is 8.66 Å². The molecule has 0 atom stereocenters. The Hall–Kier alpha value is 1.40. The Kier molecular flexibility index (Phi) is 3.70. The molecule has 0 saturated carbocycles. The van der Waals surface area contributed by atoms with Gasteiger partial charge in [0, 0.05) is 11.5 Å². The van der Waals surface area contributed by atoms with E-state index in [2.05, 4.69) is 46.0 Å². The van der Waals surface area contributed by atoms with Crippen molar-refractivity contribution in [2.45, 2.75) is 29.4 Å². The van der Waals surface area contributed by atoms with E-state index >= 15 is 0 Å². The highest BCUT2D eigenvalue weighted by Crippen LogP contribution is 2.47. The third-order valence-electron chi connectivity index (χ3n) is 1.64. The molecule has 0 nitrogen and oxygen atoms in total. The van der Waals surface area contributed by atoms with Crippen LogP contribution in [0.5, 0.6) is 0 Å². The largest absolute Gasteiger partial charge is 0.160 e. The molecule has 12 heavy (non-hydrogen) atoms. The van der Waals surface area contributed by atoms with Crippen LogP contribution in [0.4, 0.5) is 0 Å². The van der Waals surface area contributed by atoms with Crippen LogP contribution >= 0.6 is 48.8 Å². The number of thiol groups is 2. The van der Waals surface area contributed by atoms with E-state index in [0.29, 0.717) is 10.00 Å². The Bertz CT molecular complexity index is 149. The van der Waals surface area contributed by atoms with Crippen molar-refractivity contribution in [1.29, 1.82) is 0 Å². The second-order valence-electron chi connectivity index (χ2n) is 4.30. The minimum Gasteiger partial charge on any atom is -0.160 e. The minimum atomic E-state index is -0.0584. The Morgan fingerprint density at radius 2 is 1.58 bits per heavy atom. The summed E-state index contributed by atoms with van der Waals surface area (Å²) in [6.45, 7) is 6.88. The van der Waals surface area contributed by atoms with Crippen LogP contribution in [-0.2, 0) is 0 Å². The van der Waals surface area contributed by atoms with Crippen molar-refractivity contribution in [2.75, 3.05) is 11.5 Å². The van der Waals surface area contributed by atoms with Crippen molar-refractivity contribution in [3.8, 4) is 0 Å². The fourth-order valence-corrected chi connectivity index (χ4v) is 4.87. The van der Waals surface area contributed by atoms with E-state index in [1.807, 2.05) is 23.5 Å². The SMILES string of the molecule is CC(C)(C)C1SCC(S)(S)CS1. The Labute approximate surface area is 94.8 Å². The summed E-state index contributed by atoms with van der Waals surface area (Å²) in [4.78, 5) is 0. The third-order valence-corrected chi connectivity index (χ3v) is 7.28. The zero-order chi connectivity index (χ0) is 9.41. The standard InChI is InChI=1S/C8H16S4/c1-7(2,3)6-11-4-8(9,10)5-12-6/h6,9-10H,4-5H2,1-3H3. The Morgan fingerprint density at radius 3 is 1.92 bits per heavy atom. The molecule has 1 aliphatic rings. The average molecular weight is 240 g/mol. The summed E-state index contributed by atoms with van der Waals surface area (Å²) >= 11 is 12.9. The zero-order valence-electron chi connectivity index (χ0n) is 7.70. The number of thioether (sulfide) groups is 2. The summed E-state index contributed by atoms with van der Waals surface area (Å²) in [7, 11) is 0. The molecule has 0 aromatic heterocycles. The average Bonchev–Trinajstić information content (AvgIpc) is 1.83. The summed E-state index contributed by atoms with van der Waals surface area (Å²) in [5, 5.41) is 0. The first-order chi connectivity index (χ1) is 5.31. The van der Waals surface area contributed by atoms with E-state index in [1.165, 1.54) is 0 Å². The van der Waals surface area contributed by atoms with Crippen molar-refractivity contribution in [1.82, 2.24) is 0 Å². The van der Waals surface area contributed by atoms with Crippen molar-refractivity contribution in [3.05, 3.63) is 0 Å². The topological polar surface area (TPSA) is 0 Å². The minimum absolute atomic E-state index is 0.0584. The number of hydrogen-bond acceptors (Lipinski definition) is 4. The first-order valence-corrected chi connectivity index (χ1v) is 6.98. The molecule has 1 fully saturated rings. The van der Waals surface area contributed by atoms with Crippen LogP contribution in [0, 0.1) is 5.41 Å². The van der Waals surface area contributed by atoms with Gasteiger partial charge < -0.3 is 0 Å². The highest BCUT2D eigenvalue weighted by atomic mass is 32.2. The van der Waals surface area contributed by atoms with Gasteiger partial charge in [0.15, 0.2) is 0 Å². The summed E-state index contributed by atoms with van der Waals surface area (Å²) in [5.74, 6) is 2.10. The normalized spacial score (nSPS) is 25.8. The molecule has 0 radical (unpaired) electrons. The molecular formula is C8H16S4. The molecule has 0 bridgehead atoms. The maximum atomic E-state index is 4.48. The number of rotatable bonds is 0. The first kappa shape index (κ1) is 11.5. The fraction of sp³-hybridized carbons (Fsp3) is 1.00. The third kappa shape index (κ3) is 3.28. The van der Waals surface area contributed by atoms with Crippen LogP contribution in [0.2, 0.25) is 0 Å². The van der Waals surface area contributed by atoms with Crippen LogP contribution in [0.3, 0.4) is 0 Å². The van der Waals surface area contributed by atoms with E-state index in [4.69, 9.17) is 0 Å². The van der Waals surface area contributed by atoms with Gasteiger partial charge in [0.25, 0.3) is 0 Å². The fourth-order valence-electron chi connectivity index (χ4n) is 1.01. The van der Waals surface area contributed by atoms with Gasteiger partial charge in [-0.15, -0.1) is 23.5 Å². The van der Waals surface area contributed by atoms with Crippen LogP contribution in [0.15, 0.2) is 0 Å². The monoisotopic (exact) mass is 240 g/mol. The molecule has 1 aliphatic heterocycles. The highest BCUT2D eigenvalue weighted by Gasteiger charge is 2.35. The molecule has 0 N–H and O–H groups in total. The quantitative estimate of drug-likeness (QED) is 0.492. The van der Waals surface area contributed by atoms with Crippen molar-refractivity contribution in [3.63, 3.8) is 0 Å². The molecular weight excluding hydrogens is 224 g/mol. The molecule has 0 aromatic carbocycles. The molecule has 0 aliphatic carbocycles. The maximum absolute atomic E-state index is 4.48. The molecule has 1 rings (SSSR count). The van der Waals surface area contributed by atoms with Crippen LogP contribution in [0.1, 0.15) is 20.8 Å². The van der Waals surface area contributed by atoms with E-state index in [1.54, 1.807) is 0 Å². The van der Waals surface area contributed by atoms with E-state index in [-0.39, 0.29) is 4.08 Å². The van der Waals surface area contributed by atoms with Gasteiger partial charge in [0.2, 0.25) is 0 Å². The van der Waals surface area contributed by atoms with E-state index in [0.717, 1.165) is 11.5 Å². The number of hydrogen-bond donors (Lipinski definition) is 2. The Balaban J connectivity index is 2.47. The van der Waals surface area contributed by atoms with Crippen LogP contribution < -0.4 is 0 Å². The molecule has 4 heteroatoms. The second kappa shape index (κ2) is 3.87. The van der Waals surface area contributed by atoms with Gasteiger partial charge in [-0.1, -0.05) is 20.8 Å².